The van der Waals surface area contributed by atoms with Gasteiger partial charge >= 0.3 is 6.03 Å². The van der Waals surface area contributed by atoms with E-state index in [2.05, 4.69) is 10.6 Å². The Kier molecular flexibility index (Phi) is 3.30. The molecule has 2 rings (SSSR count). The molecule has 0 aliphatic rings. The Balaban J connectivity index is 1.98. The quantitative estimate of drug-likeness (QED) is 0.855. The summed E-state index contributed by atoms with van der Waals surface area (Å²) in [4.78, 5) is 11.6. The summed E-state index contributed by atoms with van der Waals surface area (Å²) in [6.07, 6.45) is 1.49. The molecule has 1 heterocycles. The second-order valence-corrected chi connectivity index (χ2v) is 3.29. The van der Waals surface area contributed by atoms with Crippen LogP contribution in [0.25, 0.3) is 0 Å². The van der Waals surface area contributed by atoms with Crippen molar-refractivity contribution in [2.75, 3.05) is 17.7 Å². The maximum absolute atomic E-state index is 11.6. The zero-order valence-corrected chi connectivity index (χ0v) is 9.27. The van der Waals surface area contributed by atoms with Gasteiger partial charge < -0.3 is 14.5 Å². The van der Waals surface area contributed by atoms with Crippen LogP contribution >= 0.6 is 0 Å². The van der Waals surface area contributed by atoms with Crippen molar-refractivity contribution in [3.05, 3.63) is 42.7 Å². The van der Waals surface area contributed by atoms with Crippen LogP contribution in [0.2, 0.25) is 0 Å². The number of carbonyl (C=O) groups is 1. The number of ether oxygens (including phenoxy) is 1. The number of hydrogen-bond acceptors (Lipinski definition) is 3. The van der Waals surface area contributed by atoms with Crippen molar-refractivity contribution in [1.82, 2.24) is 0 Å². The summed E-state index contributed by atoms with van der Waals surface area (Å²) in [7, 11) is 1.57. The van der Waals surface area contributed by atoms with E-state index in [1.54, 1.807) is 43.5 Å². The minimum atomic E-state index is -0.367. The van der Waals surface area contributed by atoms with Gasteiger partial charge in [-0.1, -0.05) is 6.07 Å². The Morgan fingerprint density at radius 2 is 2.12 bits per heavy atom. The highest BCUT2D eigenvalue weighted by atomic mass is 16.5. The van der Waals surface area contributed by atoms with Gasteiger partial charge in [-0.05, 0) is 18.2 Å². The molecule has 0 saturated heterocycles. The third-order valence-corrected chi connectivity index (χ3v) is 2.09. The molecule has 0 spiro atoms. The molecule has 0 saturated carbocycles. The Morgan fingerprint density at radius 1 is 1.24 bits per heavy atom. The van der Waals surface area contributed by atoms with E-state index in [1.165, 1.54) is 6.26 Å². The molecule has 1 aromatic carbocycles. The molecule has 0 fully saturated rings. The van der Waals surface area contributed by atoms with Crippen molar-refractivity contribution in [3.8, 4) is 5.75 Å². The van der Waals surface area contributed by atoms with Gasteiger partial charge in [0.05, 0.1) is 13.4 Å². The highest BCUT2D eigenvalue weighted by Gasteiger charge is 2.04. The van der Waals surface area contributed by atoms with Crippen LogP contribution in [0.15, 0.2) is 47.1 Å². The summed E-state index contributed by atoms with van der Waals surface area (Å²) in [5.41, 5.74) is 0.647. The lowest BCUT2D eigenvalue weighted by molar-refractivity contribution is 0.261. The third kappa shape index (κ3) is 3.01. The smallest absolute Gasteiger partial charge is 0.326 e. The molecule has 5 heteroatoms. The van der Waals surface area contributed by atoms with Gasteiger partial charge in [0.15, 0.2) is 0 Å². The molecular formula is C12H12N2O3. The lowest BCUT2D eigenvalue weighted by Gasteiger charge is -2.06. The topological polar surface area (TPSA) is 63.5 Å². The van der Waals surface area contributed by atoms with E-state index in [-0.39, 0.29) is 6.03 Å². The second-order valence-electron chi connectivity index (χ2n) is 3.29. The first-order valence-electron chi connectivity index (χ1n) is 5.03. The molecular weight excluding hydrogens is 220 g/mol. The van der Waals surface area contributed by atoms with Crippen molar-refractivity contribution in [2.24, 2.45) is 0 Å². The molecule has 2 amide bonds. The second kappa shape index (κ2) is 5.07. The highest BCUT2D eigenvalue weighted by molar-refractivity contribution is 5.98. The van der Waals surface area contributed by atoms with Crippen LogP contribution in [0.3, 0.4) is 0 Å². The number of benzene rings is 1. The fraction of sp³-hybridized carbons (Fsp3) is 0.0833. The zero-order chi connectivity index (χ0) is 12.1. The fourth-order valence-electron chi connectivity index (χ4n) is 1.32. The molecule has 2 aromatic rings. The van der Waals surface area contributed by atoms with Gasteiger partial charge in [-0.3, -0.25) is 5.32 Å². The Bertz CT molecular complexity index is 494. The normalized spacial score (nSPS) is 9.71. The van der Waals surface area contributed by atoms with Gasteiger partial charge in [-0.25, -0.2) is 4.79 Å². The van der Waals surface area contributed by atoms with Gasteiger partial charge in [0, 0.05) is 17.8 Å². The largest absolute Gasteiger partial charge is 0.497 e. The van der Waals surface area contributed by atoms with Crippen LogP contribution in [-0.2, 0) is 0 Å². The Hall–Kier alpha value is -2.43. The van der Waals surface area contributed by atoms with E-state index < -0.39 is 0 Å². The molecule has 0 aliphatic carbocycles. The summed E-state index contributed by atoms with van der Waals surface area (Å²) in [5, 5.41) is 5.22. The fourth-order valence-corrected chi connectivity index (χ4v) is 1.32. The Morgan fingerprint density at radius 3 is 2.82 bits per heavy atom. The van der Waals surface area contributed by atoms with Crippen molar-refractivity contribution in [1.29, 1.82) is 0 Å². The first kappa shape index (κ1) is 11.1. The lowest BCUT2D eigenvalue weighted by atomic mass is 10.3. The lowest BCUT2D eigenvalue weighted by Crippen LogP contribution is -2.18. The van der Waals surface area contributed by atoms with Crippen molar-refractivity contribution < 1.29 is 13.9 Å². The van der Waals surface area contributed by atoms with Crippen molar-refractivity contribution >= 4 is 17.6 Å². The number of methoxy groups -OCH3 is 1. The molecule has 88 valence electrons. The number of carbonyl (C=O) groups excluding carboxylic acids is 1. The molecule has 0 atom stereocenters. The van der Waals surface area contributed by atoms with E-state index in [1.807, 2.05) is 0 Å². The highest BCUT2D eigenvalue weighted by Crippen LogP contribution is 2.17. The monoisotopic (exact) mass is 232 g/mol. The number of urea groups is 1. The van der Waals surface area contributed by atoms with Gasteiger partial charge in [-0.2, -0.15) is 0 Å². The standard InChI is InChI=1S/C12H12N2O3/c1-16-10-5-2-4-9(8-10)13-12(15)14-11-6-3-7-17-11/h2-8H,1H3,(H2,13,14,15). The first-order valence-corrected chi connectivity index (χ1v) is 5.03. The average molecular weight is 232 g/mol. The van der Waals surface area contributed by atoms with Gasteiger partial charge in [0.2, 0.25) is 5.88 Å². The predicted octanol–water partition coefficient (Wildman–Crippen LogP) is 2.93. The van der Waals surface area contributed by atoms with E-state index in [4.69, 9.17) is 9.15 Å². The maximum atomic E-state index is 11.6. The minimum Gasteiger partial charge on any atom is -0.497 e. The molecule has 0 radical (unpaired) electrons. The van der Waals surface area contributed by atoms with Crippen LogP contribution in [0.1, 0.15) is 0 Å². The van der Waals surface area contributed by atoms with Gasteiger partial charge in [-0.15, -0.1) is 0 Å². The summed E-state index contributed by atoms with van der Waals surface area (Å²) >= 11 is 0. The molecule has 0 unspecified atom stereocenters. The summed E-state index contributed by atoms with van der Waals surface area (Å²) in [6, 6.07) is 10.1. The van der Waals surface area contributed by atoms with E-state index in [9.17, 15) is 4.79 Å². The molecule has 0 aliphatic heterocycles. The van der Waals surface area contributed by atoms with Crippen molar-refractivity contribution in [3.63, 3.8) is 0 Å². The third-order valence-electron chi connectivity index (χ3n) is 2.09. The van der Waals surface area contributed by atoms with E-state index >= 15 is 0 Å². The number of rotatable bonds is 3. The average Bonchev–Trinajstić information content (AvgIpc) is 2.82. The molecule has 17 heavy (non-hydrogen) atoms. The van der Waals surface area contributed by atoms with Crippen molar-refractivity contribution in [2.45, 2.75) is 0 Å². The summed E-state index contributed by atoms with van der Waals surface area (Å²) in [5.74, 6) is 1.08. The first-order chi connectivity index (χ1) is 8.28. The molecule has 0 bridgehead atoms. The molecule has 2 N–H and O–H groups in total. The Labute approximate surface area is 98.4 Å². The number of hydrogen-bond donors (Lipinski definition) is 2. The van der Waals surface area contributed by atoms with Crippen LogP contribution in [0.4, 0.5) is 16.4 Å². The van der Waals surface area contributed by atoms with Gasteiger partial charge in [0.25, 0.3) is 0 Å². The summed E-state index contributed by atoms with van der Waals surface area (Å²) in [6.45, 7) is 0. The summed E-state index contributed by atoms with van der Waals surface area (Å²) < 4.78 is 10.0. The minimum absolute atomic E-state index is 0.367. The van der Waals surface area contributed by atoms with Crippen LogP contribution in [0.5, 0.6) is 5.75 Å². The maximum Gasteiger partial charge on any atom is 0.326 e. The zero-order valence-electron chi connectivity index (χ0n) is 9.27. The predicted molar refractivity (Wildman–Crippen MR) is 64.3 cm³/mol. The van der Waals surface area contributed by atoms with Crippen LogP contribution in [-0.4, -0.2) is 13.1 Å². The number of anilines is 2. The number of furan rings is 1. The van der Waals surface area contributed by atoms with Crippen LogP contribution in [0, 0.1) is 0 Å². The SMILES string of the molecule is COc1cccc(NC(=O)Nc2ccco2)c1. The van der Waals surface area contributed by atoms with E-state index in [0.29, 0.717) is 17.3 Å². The molecule has 5 nitrogen and oxygen atoms in total. The van der Waals surface area contributed by atoms with Gasteiger partial charge in [0.1, 0.15) is 5.75 Å². The van der Waals surface area contributed by atoms with Crippen LogP contribution < -0.4 is 15.4 Å². The molecule has 1 aromatic heterocycles. The van der Waals surface area contributed by atoms with E-state index in [0.717, 1.165) is 0 Å². The number of amides is 2. The number of nitrogens with one attached hydrogen (secondary N) is 2.